The third-order valence-corrected chi connectivity index (χ3v) is 3.73. The van der Waals surface area contributed by atoms with Gasteiger partial charge in [0.1, 0.15) is 5.54 Å². The molecule has 0 bridgehead atoms. The highest BCUT2D eigenvalue weighted by atomic mass is 127. The van der Waals surface area contributed by atoms with E-state index in [9.17, 15) is 9.59 Å². The van der Waals surface area contributed by atoms with Crippen LogP contribution in [0.1, 0.15) is 29.6 Å². The van der Waals surface area contributed by atoms with Crippen LogP contribution in [0.4, 0.5) is 0 Å². The number of rotatable bonds is 3. The van der Waals surface area contributed by atoms with Crippen molar-refractivity contribution >= 4 is 34.5 Å². The van der Waals surface area contributed by atoms with Gasteiger partial charge in [-0.15, -0.1) is 0 Å². The third-order valence-electron chi connectivity index (χ3n) is 3.06. The van der Waals surface area contributed by atoms with E-state index in [0.717, 1.165) is 9.99 Å². The van der Waals surface area contributed by atoms with Crippen molar-refractivity contribution < 1.29 is 14.7 Å². The molecular weight excluding hydrogens is 333 g/mol. The lowest BCUT2D eigenvalue weighted by atomic mass is 9.76. The number of halogens is 1. The van der Waals surface area contributed by atoms with Crippen LogP contribution in [0.25, 0.3) is 0 Å². The molecule has 0 spiro atoms. The monoisotopic (exact) mass is 345 g/mol. The fraction of sp³-hybridized carbons (Fsp3) is 0.333. The highest BCUT2D eigenvalue weighted by molar-refractivity contribution is 14.1. The van der Waals surface area contributed by atoms with Crippen molar-refractivity contribution in [3.05, 3.63) is 33.4 Å². The maximum absolute atomic E-state index is 11.9. The molecule has 17 heavy (non-hydrogen) atoms. The van der Waals surface area contributed by atoms with Crippen molar-refractivity contribution in [1.82, 2.24) is 5.32 Å². The molecule has 0 radical (unpaired) electrons. The van der Waals surface area contributed by atoms with E-state index in [1.807, 2.05) is 6.07 Å². The number of benzene rings is 1. The van der Waals surface area contributed by atoms with Gasteiger partial charge >= 0.3 is 5.97 Å². The molecular formula is C12H12INO3. The zero-order valence-electron chi connectivity index (χ0n) is 9.07. The molecule has 1 aromatic rings. The Balaban J connectivity index is 2.14. The quantitative estimate of drug-likeness (QED) is 0.824. The summed E-state index contributed by atoms with van der Waals surface area (Å²) in [5.74, 6) is -1.26. The highest BCUT2D eigenvalue weighted by Crippen LogP contribution is 2.32. The average Bonchev–Trinajstić information content (AvgIpc) is 2.22. The van der Waals surface area contributed by atoms with Gasteiger partial charge in [-0.05, 0) is 60.1 Å². The van der Waals surface area contributed by atoms with E-state index in [0.29, 0.717) is 18.4 Å². The highest BCUT2D eigenvalue weighted by Gasteiger charge is 2.45. The van der Waals surface area contributed by atoms with E-state index >= 15 is 0 Å². The Labute approximate surface area is 113 Å². The number of amides is 1. The average molecular weight is 345 g/mol. The van der Waals surface area contributed by atoms with Gasteiger partial charge < -0.3 is 10.4 Å². The largest absolute Gasteiger partial charge is 0.480 e. The lowest BCUT2D eigenvalue weighted by molar-refractivity contribution is -0.148. The second kappa shape index (κ2) is 4.64. The molecule has 4 nitrogen and oxygen atoms in total. The third kappa shape index (κ3) is 2.43. The second-order valence-electron chi connectivity index (χ2n) is 4.21. The lowest BCUT2D eigenvalue weighted by Crippen LogP contribution is -2.59. The van der Waals surface area contributed by atoms with Gasteiger partial charge in [-0.2, -0.15) is 0 Å². The number of carboxylic acids is 1. The fourth-order valence-corrected chi connectivity index (χ4v) is 2.38. The van der Waals surface area contributed by atoms with Crippen molar-refractivity contribution in [1.29, 1.82) is 0 Å². The summed E-state index contributed by atoms with van der Waals surface area (Å²) in [4.78, 5) is 23.1. The van der Waals surface area contributed by atoms with Gasteiger partial charge in [0, 0.05) is 9.13 Å². The summed E-state index contributed by atoms with van der Waals surface area (Å²) in [6, 6.07) is 7.09. The minimum atomic E-state index is -1.04. The number of carboxylic acid groups (broad SMARTS) is 1. The van der Waals surface area contributed by atoms with Gasteiger partial charge in [-0.25, -0.2) is 4.79 Å². The molecule has 0 heterocycles. The molecule has 1 aliphatic rings. The Morgan fingerprint density at radius 3 is 2.53 bits per heavy atom. The summed E-state index contributed by atoms with van der Waals surface area (Å²) in [5.41, 5.74) is -0.539. The maximum atomic E-state index is 11.9. The van der Waals surface area contributed by atoms with Crippen molar-refractivity contribution in [2.75, 3.05) is 0 Å². The molecule has 2 N–H and O–H groups in total. The first-order chi connectivity index (χ1) is 8.03. The molecule has 1 fully saturated rings. The Morgan fingerprint density at radius 2 is 2.06 bits per heavy atom. The van der Waals surface area contributed by atoms with Gasteiger partial charge in [0.2, 0.25) is 0 Å². The van der Waals surface area contributed by atoms with E-state index < -0.39 is 11.5 Å². The molecule has 1 amide bonds. The summed E-state index contributed by atoms with van der Waals surface area (Å²) in [5, 5.41) is 11.7. The van der Waals surface area contributed by atoms with E-state index in [1.54, 1.807) is 18.2 Å². The number of hydrogen-bond donors (Lipinski definition) is 2. The van der Waals surface area contributed by atoms with Crippen molar-refractivity contribution in [2.45, 2.75) is 24.8 Å². The van der Waals surface area contributed by atoms with E-state index in [2.05, 4.69) is 27.9 Å². The molecule has 0 aliphatic heterocycles. The Kier molecular flexibility index (Phi) is 3.37. The fourth-order valence-electron chi connectivity index (χ4n) is 1.84. The van der Waals surface area contributed by atoms with Crippen LogP contribution in [-0.4, -0.2) is 22.5 Å². The summed E-state index contributed by atoms with van der Waals surface area (Å²) >= 11 is 2.12. The number of hydrogen-bond acceptors (Lipinski definition) is 2. The summed E-state index contributed by atoms with van der Waals surface area (Å²) in [6.07, 6.45) is 1.87. The van der Waals surface area contributed by atoms with Gasteiger partial charge in [-0.3, -0.25) is 4.79 Å². The molecule has 1 aliphatic carbocycles. The Bertz CT molecular complexity index is 469. The van der Waals surface area contributed by atoms with Crippen LogP contribution < -0.4 is 5.32 Å². The topological polar surface area (TPSA) is 66.4 Å². The number of nitrogens with one attached hydrogen (secondary N) is 1. The van der Waals surface area contributed by atoms with Crippen LogP contribution in [0.2, 0.25) is 0 Å². The van der Waals surface area contributed by atoms with Gasteiger partial charge in [-0.1, -0.05) is 6.07 Å². The van der Waals surface area contributed by atoms with Crippen LogP contribution in [0.15, 0.2) is 24.3 Å². The Hall–Kier alpha value is -1.11. The van der Waals surface area contributed by atoms with Crippen molar-refractivity contribution in [3.8, 4) is 0 Å². The number of aliphatic carboxylic acids is 1. The molecule has 5 heteroatoms. The van der Waals surface area contributed by atoms with Crippen LogP contribution in [0, 0.1) is 3.57 Å². The Morgan fingerprint density at radius 1 is 1.35 bits per heavy atom. The van der Waals surface area contributed by atoms with E-state index in [4.69, 9.17) is 5.11 Å². The number of carbonyl (C=O) groups excluding carboxylic acids is 1. The van der Waals surface area contributed by atoms with Gasteiger partial charge in [0.15, 0.2) is 0 Å². The van der Waals surface area contributed by atoms with Crippen LogP contribution >= 0.6 is 22.6 Å². The predicted octanol–water partition coefficient (Wildman–Crippen LogP) is 2.03. The first-order valence-corrected chi connectivity index (χ1v) is 6.43. The minimum absolute atomic E-state index is 0.314. The summed E-state index contributed by atoms with van der Waals surface area (Å²) < 4.78 is 0.952. The molecule has 0 atom stereocenters. The van der Waals surface area contributed by atoms with Crippen LogP contribution in [-0.2, 0) is 4.79 Å². The second-order valence-corrected chi connectivity index (χ2v) is 5.45. The zero-order valence-corrected chi connectivity index (χ0v) is 11.2. The van der Waals surface area contributed by atoms with Crippen LogP contribution in [0.5, 0.6) is 0 Å². The molecule has 2 rings (SSSR count). The van der Waals surface area contributed by atoms with Crippen molar-refractivity contribution in [2.24, 2.45) is 0 Å². The normalized spacial score (nSPS) is 17.0. The number of carbonyl (C=O) groups is 2. The molecule has 0 saturated heterocycles. The predicted molar refractivity (Wildman–Crippen MR) is 70.8 cm³/mol. The standard InChI is InChI=1S/C12H12INO3/c13-9-4-1-3-8(7-9)10(15)14-12(11(16)17)5-2-6-12/h1,3-4,7H,2,5-6H2,(H,14,15)(H,16,17). The van der Waals surface area contributed by atoms with Crippen LogP contribution in [0.3, 0.4) is 0 Å². The van der Waals surface area contributed by atoms with E-state index in [-0.39, 0.29) is 5.91 Å². The van der Waals surface area contributed by atoms with Gasteiger partial charge in [0.25, 0.3) is 5.91 Å². The SMILES string of the molecule is O=C(NC1(C(=O)O)CCC1)c1cccc(I)c1. The molecule has 0 unspecified atom stereocenters. The van der Waals surface area contributed by atoms with Crippen molar-refractivity contribution in [3.63, 3.8) is 0 Å². The maximum Gasteiger partial charge on any atom is 0.329 e. The summed E-state index contributed by atoms with van der Waals surface area (Å²) in [6.45, 7) is 0. The molecule has 1 aromatic carbocycles. The zero-order chi connectivity index (χ0) is 12.5. The van der Waals surface area contributed by atoms with E-state index in [1.165, 1.54) is 0 Å². The molecule has 1 saturated carbocycles. The lowest BCUT2D eigenvalue weighted by Gasteiger charge is -2.38. The summed E-state index contributed by atoms with van der Waals surface area (Å²) in [7, 11) is 0. The first-order valence-electron chi connectivity index (χ1n) is 5.35. The van der Waals surface area contributed by atoms with Gasteiger partial charge in [0.05, 0.1) is 0 Å². The first kappa shape index (κ1) is 12.3. The smallest absolute Gasteiger partial charge is 0.329 e. The minimum Gasteiger partial charge on any atom is -0.480 e. The molecule has 0 aromatic heterocycles. The molecule has 90 valence electrons.